The van der Waals surface area contributed by atoms with Gasteiger partial charge in [-0.2, -0.15) is 5.10 Å². The zero-order valence-corrected chi connectivity index (χ0v) is 10.6. The number of hydrogen-bond donors (Lipinski definition) is 1. The Kier molecular flexibility index (Phi) is 2.78. The quantitative estimate of drug-likeness (QED) is 0.792. The van der Waals surface area contributed by atoms with Crippen LogP contribution in [0.1, 0.15) is 50.8 Å². The van der Waals surface area contributed by atoms with Crippen molar-refractivity contribution in [2.75, 3.05) is 0 Å². The predicted molar refractivity (Wildman–Crippen MR) is 62.2 cm³/mol. The minimum Gasteiger partial charge on any atom is -0.393 e. The predicted octanol–water partition coefficient (Wildman–Crippen LogP) is 2.01. The van der Waals surface area contributed by atoms with Crippen LogP contribution in [0.4, 0.5) is 0 Å². The van der Waals surface area contributed by atoms with Crippen molar-refractivity contribution >= 4 is 0 Å². The molecule has 1 fully saturated rings. The van der Waals surface area contributed by atoms with Crippen molar-refractivity contribution in [3.05, 3.63) is 11.6 Å². The summed E-state index contributed by atoms with van der Waals surface area (Å²) in [6, 6.07) is 0.262. The highest BCUT2D eigenvalue weighted by atomic mass is 16.3. The maximum Gasteiger partial charge on any atom is 0.147 e. The van der Waals surface area contributed by atoms with E-state index in [1.807, 2.05) is 18.5 Å². The molecule has 1 saturated carbocycles. The average molecular weight is 223 g/mol. The Bertz CT molecular complexity index is 384. The van der Waals surface area contributed by atoms with Gasteiger partial charge in [0.05, 0.1) is 12.1 Å². The van der Waals surface area contributed by atoms with Crippen LogP contribution in [0.25, 0.3) is 0 Å². The van der Waals surface area contributed by atoms with Crippen molar-refractivity contribution in [2.24, 2.45) is 5.41 Å². The van der Waals surface area contributed by atoms with Crippen LogP contribution in [-0.2, 0) is 0 Å². The van der Waals surface area contributed by atoms with Crippen LogP contribution >= 0.6 is 0 Å². The molecule has 90 valence electrons. The summed E-state index contributed by atoms with van der Waals surface area (Å²) < 4.78 is 2.00. The number of nitrogens with zero attached hydrogens (tertiary/aromatic N) is 3. The molecule has 0 aromatic carbocycles. The van der Waals surface area contributed by atoms with E-state index in [0.717, 1.165) is 30.9 Å². The normalized spacial score (nSPS) is 29.3. The Hall–Kier alpha value is -0.900. The molecule has 4 heteroatoms. The fourth-order valence-corrected chi connectivity index (χ4v) is 2.66. The standard InChI is InChI=1S/C12H21N3O/c1-8-13-9(2)15(14-8)11-7-10(16)5-6-12(11,3)4/h10-11,16H,5-7H2,1-4H3. The lowest BCUT2D eigenvalue weighted by Gasteiger charge is -2.40. The van der Waals surface area contributed by atoms with Crippen molar-refractivity contribution in [2.45, 2.75) is 59.1 Å². The van der Waals surface area contributed by atoms with Crippen LogP contribution in [0.2, 0.25) is 0 Å². The van der Waals surface area contributed by atoms with Gasteiger partial charge in [0.15, 0.2) is 0 Å². The van der Waals surface area contributed by atoms with Crippen molar-refractivity contribution < 1.29 is 5.11 Å². The average Bonchev–Trinajstić information content (AvgIpc) is 2.50. The Morgan fingerprint density at radius 1 is 1.38 bits per heavy atom. The minimum absolute atomic E-state index is 0.185. The van der Waals surface area contributed by atoms with E-state index in [4.69, 9.17) is 0 Å². The number of aliphatic hydroxyl groups excluding tert-OH is 1. The van der Waals surface area contributed by atoms with Gasteiger partial charge in [-0.25, -0.2) is 9.67 Å². The molecule has 1 aliphatic carbocycles. The molecule has 1 heterocycles. The fraction of sp³-hybridized carbons (Fsp3) is 0.833. The Morgan fingerprint density at radius 3 is 2.62 bits per heavy atom. The van der Waals surface area contributed by atoms with Crippen LogP contribution in [0.15, 0.2) is 0 Å². The van der Waals surface area contributed by atoms with E-state index in [9.17, 15) is 5.11 Å². The maximum absolute atomic E-state index is 9.81. The zero-order chi connectivity index (χ0) is 11.9. The summed E-state index contributed by atoms with van der Waals surface area (Å²) in [4.78, 5) is 4.35. The van der Waals surface area contributed by atoms with E-state index >= 15 is 0 Å². The minimum atomic E-state index is -0.193. The highest BCUT2D eigenvalue weighted by Crippen LogP contribution is 2.43. The molecule has 1 N–H and O–H groups in total. The molecule has 0 bridgehead atoms. The molecule has 0 aliphatic heterocycles. The van der Waals surface area contributed by atoms with Crippen LogP contribution in [0.3, 0.4) is 0 Å². The molecule has 2 unspecified atom stereocenters. The van der Waals surface area contributed by atoms with E-state index in [0.29, 0.717) is 0 Å². The summed E-state index contributed by atoms with van der Waals surface area (Å²) in [5.74, 6) is 1.76. The Morgan fingerprint density at radius 2 is 2.06 bits per heavy atom. The first-order valence-corrected chi connectivity index (χ1v) is 5.98. The van der Waals surface area contributed by atoms with Gasteiger partial charge in [0.25, 0.3) is 0 Å². The molecule has 4 nitrogen and oxygen atoms in total. The number of rotatable bonds is 1. The topological polar surface area (TPSA) is 50.9 Å². The summed E-state index contributed by atoms with van der Waals surface area (Å²) >= 11 is 0. The van der Waals surface area contributed by atoms with Crippen LogP contribution in [-0.4, -0.2) is 26.0 Å². The molecule has 0 saturated heterocycles. The van der Waals surface area contributed by atoms with Gasteiger partial charge in [0.2, 0.25) is 0 Å². The first-order chi connectivity index (χ1) is 7.40. The Labute approximate surface area is 96.7 Å². The van der Waals surface area contributed by atoms with Gasteiger partial charge in [-0.3, -0.25) is 0 Å². The van der Waals surface area contributed by atoms with Gasteiger partial charge in [0.1, 0.15) is 11.6 Å². The third-order valence-corrected chi connectivity index (χ3v) is 3.72. The van der Waals surface area contributed by atoms with Crippen molar-refractivity contribution in [3.63, 3.8) is 0 Å². The van der Waals surface area contributed by atoms with Crippen LogP contribution in [0.5, 0.6) is 0 Å². The van der Waals surface area contributed by atoms with Gasteiger partial charge < -0.3 is 5.11 Å². The molecule has 16 heavy (non-hydrogen) atoms. The first kappa shape index (κ1) is 11.6. The van der Waals surface area contributed by atoms with Gasteiger partial charge >= 0.3 is 0 Å². The molecule has 1 aromatic heterocycles. The maximum atomic E-state index is 9.81. The third-order valence-electron chi connectivity index (χ3n) is 3.72. The summed E-state index contributed by atoms with van der Waals surface area (Å²) in [7, 11) is 0. The molecular formula is C12H21N3O. The number of aromatic nitrogens is 3. The number of aryl methyl sites for hydroxylation is 2. The number of hydrogen-bond acceptors (Lipinski definition) is 3. The van der Waals surface area contributed by atoms with E-state index in [1.165, 1.54) is 0 Å². The second-order valence-electron chi connectivity index (χ2n) is 5.58. The summed E-state index contributed by atoms with van der Waals surface area (Å²) in [5.41, 5.74) is 0.185. The van der Waals surface area contributed by atoms with Crippen LogP contribution < -0.4 is 0 Å². The van der Waals surface area contributed by atoms with Crippen LogP contribution in [0, 0.1) is 19.3 Å². The molecular weight excluding hydrogens is 202 g/mol. The lowest BCUT2D eigenvalue weighted by Crippen LogP contribution is -2.37. The molecule has 0 radical (unpaired) electrons. The summed E-state index contributed by atoms with van der Waals surface area (Å²) in [6.07, 6.45) is 2.53. The van der Waals surface area contributed by atoms with E-state index in [1.54, 1.807) is 0 Å². The molecule has 2 rings (SSSR count). The SMILES string of the molecule is Cc1nc(C)n(C2CC(O)CCC2(C)C)n1. The lowest BCUT2D eigenvalue weighted by atomic mass is 9.72. The van der Waals surface area contributed by atoms with Gasteiger partial charge in [-0.1, -0.05) is 13.8 Å². The molecule has 1 aromatic rings. The Balaban J connectivity index is 2.33. The van der Waals surface area contributed by atoms with Crippen molar-refractivity contribution in [1.82, 2.24) is 14.8 Å². The van der Waals surface area contributed by atoms with E-state index < -0.39 is 0 Å². The van der Waals surface area contributed by atoms with Gasteiger partial charge in [0, 0.05) is 0 Å². The first-order valence-electron chi connectivity index (χ1n) is 5.98. The van der Waals surface area contributed by atoms with Crippen molar-refractivity contribution in [3.8, 4) is 0 Å². The molecule has 1 aliphatic rings. The highest BCUT2D eigenvalue weighted by Gasteiger charge is 2.38. The highest BCUT2D eigenvalue weighted by molar-refractivity contribution is 4.97. The zero-order valence-electron chi connectivity index (χ0n) is 10.6. The summed E-state index contributed by atoms with van der Waals surface area (Å²) in [5, 5.41) is 14.3. The van der Waals surface area contributed by atoms with Gasteiger partial charge in [-0.15, -0.1) is 0 Å². The second-order valence-corrected chi connectivity index (χ2v) is 5.58. The number of aliphatic hydroxyl groups is 1. The van der Waals surface area contributed by atoms with Gasteiger partial charge in [-0.05, 0) is 38.5 Å². The smallest absolute Gasteiger partial charge is 0.147 e. The molecule has 0 spiro atoms. The summed E-state index contributed by atoms with van der Waals surface area (Å²) in [6.45, 7) is 8.40. The van der Waals surface area contributed by atoms with E-state index in [-0.39, 0.29) is 17.6 Å². The third kappa shape index (κ3) is 1.98. The lowest BCUT2D eigenvalue weighted by molar-refractivity contribution is 0.0281. The van der Waals surface area contributed by atoms with E-state index in [2.05, 4.69) is 23.9 Å². The molecule has 0 amide bonds. The molecule has 2 atom stereocenters. The second kappa shape index (κ2) is 3.84. The van der Waals surface area contributed by atoms with Crippen molar-refractivity contribution in [1.29, 1.82) is 0 Å². The monoisotopic (exact) mass is 223 g/mol. The fourth-order valence-electron chi connectivity index (χ4n) is 2.66. The largest absolute Gasteiger partial charge is 0.393 e.